The van der Waals surface area contributed by atoms with Crippen LogP contribution in [0.15, 0.2) is 42.5 Å². The van der Waals surface area contributed by atoms with Crippen LogP contribution in [-0.4, -0.2) is 56.4 Å². The standard InChI is InChI=1S/C25H29Cl2FN2O3/c1-17-16-30(10-13-33-17)22(23-20(27)6-3-7-21(23)28)15-29-24(31)25(8-11-32-12-9-25)18-4-2-5-19(26)14-18/h2-7,14,17,22H,8-13,15-16H2,1H3,(H,29,31). The summed E-state index contributed by atoms with van der Waals surface area (Å²) in [5.41, 5.74) is 0.527. The zero-order chi connectivity index (χ0) is 23.4. The van der Waals surface area contributed by atoms with E-state index in [1.807, 2.05) is 25.1 Å². The van der Waals surface area contributed by atoms with Gasteiger partial charge in [0.15, 0.2) is 0 Å². The fourth-order valence-corrected chi connectivity index (χ4v) is 5.36. The molecule has 0 saturated carbocycles. The van der Waals surface area contributed by atoms with Crippen LogP contribution in [0.2, 0.25) is 10.0 Å². The maximum Gasteiger partial charge on any atom is 0.230 e. The van der Waals surface area contributed by atoms with Crippen molar-refractivity contribution in [2.24, 2.45) is 0 Å². The molecule has 4 rings (SSSR count). The van der Waals surface area contributed by atoms with E-state index < -0.39 is 11.5 Å². The van der Waals surface area contributed by atoms with E-state index in [0.29, 0.717) is 61.4 Å². The molecule has 0 radical (unpaired) electrons. The Morgan fingerprint density at radius 3 is 2.67 bits per heavy atom. The van der Waals surface area contributed by atoms with Gasteiger partial charge in [0.2, 0.25) is 5.91 Å². The van der Waals surface area contributed by atoms with Crippen LogP contribution >= 0.6 is 23.2 Å². The molecule has 2 aliphatic heterocycles. The van der Waals surface area contributed by atoms with E-state index >= 15 is 0 Å². The first kappa shape index (κ1) is 24.4. The molecule has 0 aliphatic carbocycles. The third-order valence-electron chi connectivity index (χ3n) is 6.66. The lowest BCUT2D eigenvalue weighted by molar-refractivity contribution is -0.131. The molecule has 0 spiro atoms. The van der Waals surface area contributed by atoms with E-state index in [-0.39, 0.29) is 24.4 Å². The smallest absolute Gasteiger partial charge is 0.230 e. The molecular weight excluding hydrogens is 466 g/mol. The molecule has 2 aromatic carbocycles. The quantitative estimate of drug-likeness (QED) is 0.628. The Morgan fingerprint density at radius 2 is 1.97 bits per heavy atom. The zero-order valence-electron chi connectivity index (χ0n) is 18.7. The van der Waals surface area contributed by atoms with E-state index in [1.54, 1.807) is 18.2 Å². The molecule has 2 aromatic rings. The number of hydrogen-bond acceptors (Lipinski definition) is 4. The van der Waals surface area contributed by atoms with E-state index in [2.05, 4.69) is 10.2 Å². The summed E-state index contributed by atoms with van der Waals surface area (Å²) in [6.07, 6.45) is 1.12. The first-order chi connectivity index (χ1) is 15.9. The highest BCUT2D eigenvalue weighted by Crippen LogP contribution is 2.37. The number of carbonyl (C=O) groups is 1. The monoisotopic (exact) mass is 494 g/mol. The van der Waals surface area contributed by atoms with Gasteiger partial charge in [-0.05, 0) is 49.6 Å². The molecule has 33 heavy (non-hydrogen) atoms. The van der Waals surface area contributed by atoms with Crippen LogP contribution in [0.1, 0.15) is 36.9 Å². The Bertz CT molecular complexity index is 964. The number of benzene rings is 2. The Kier molecular flexibility index (Phi) is 7.92. The lowest BCUT2D eigenvalue weighted by Gasteiger charge is -2.40. The van der Waals surface area contributed by atoms with Crippen molar-refractivity contribution < 1.29 is 18.7 Å². The number of hydrogen-bond donors (Lipinski definition) is 1. The number of amides is 1. The van der Waals surface area contributed by atoms with E-state index in [0.717, 1.165) is 5.56 Å². The molecule has 5 nitrogen and oxygen atoms in total. The first-order valence-corrected chi connectivity index (χ1v) is 12.1. The van der Waals surface area contributed by atoms with Crippen molar-refractivity contribution in [1.82, 2.24) is 10.2 Å². The number of rotatable bonds is 6. The number of nitrogens with one attached hydrogen (secondary N) is 1. The van der Waals surface area contributed by atoms with Gasteiger partial charge in [-0.2, -0.15) is 0 Å². The average molecular weight is 495 g/mol. The summed E-state index contributed by atoms with van der Waals surface area (Å²) in [5.74, 6) is -0.483. The topological polar surface area (TPSA) is 50.8 Å². The molecule has 0 aromatic heterocycles. The fourth-order valence-electron chi connectivity index (χ4n) is 4.88. The molecular formula is C25H29Cl2FN2O3. The number of nitrogens with zero attached hydrogens (tertiary/aromatic N) is 1. The summed E-state index contributed by atoms with van der Waals surface area (Å²) in [5, 5.41) is 4.07. The summed E-state index contributed by atoms with van der Waals surface area (Å²) in [6, 6.07) is 11.7. The molecule has 2 unspecified atom stereocenters. The van der Waals surface area contributed by atoms with E-state index in [4.69, 9.17) is 32.7 Å². The third-order valence-corrected chi connectivity index (χ3v) is 7.23. The summed E-state index contributed by atoms with van der Waals surface area (Å²) < 4.78 is 26.2. The maximum atomic E-state index is 14.9. The van der Waals surface area contributed by atoms with Gasteiger partial charge in [0.25, 0.3) is 0 Å². The van der Waals surface area contributed by atoms with Gasteiger partial charge in [-0.3, -0.25) is 9.69 Å². The fraction of sp³-hybridized carbons (Fsp3) is 0.480. The first-order valence-electron chi connectivity index (χ1n) is 11.3. The summed E-state index contributed by atoms with van der Waals surface area (Å²) in [7, 11) is 0. The van der Waals surface area contributed by atoms with Crippen LogP contribution in [0.4, 0.5) is 4.39 Å². The molecule has 0 bridgehead atoms. The molecule has 8 heteroatoms. The number of carbonyl (C=O) groups excluding carboxylic acids is 1. The second-order valence-corrected chi connectivity index (χ2v) is 9.59. The van der Waals surface area contributed by atoms with E-state index in [9.17, 15) is 9.18 Å². The normalized spacial score (nSPS) is 22.0. The van der Waals surface area contributed by atoms with Crippen LogP contribution in [-0.2, 0) is 19.7 Å². The van der Waals surface area contributed by atoms with Crippen molar-refractivity contribution in [3.63, 3.8) is 0 Å². The van der Waals surface area contributed by atoms with Crippen molar-refractivity contribution >= 4 is 29.1 Å². The van der Waals surface area contributed by atoms with Crippen LogP contribution in [0.3, 0.4) is 0 Å². The van der Waals surface area contributed by atoms with Gasteiger partial charge in [-0.15, -0.1) is 0 Å². The van der Waals surface area contributed by atoms with Gasteiger partial charge in [-0.25, -0.2) is 4.39 Å². The van der Waals surface area contributed by atoms with Crippen molar-refractivity contribution in [1.29, 1.82) is 0 Å². The Morgan fingerprint density at radius 1 is 1.21 bits per heavy atom. The lowest BCUT2D eigenvalue weighted by Crippen LogP contribution is -2.51. The molecule has 2 heterocycles. The van der Waals surface area contributed by atoms with E-state index in [1.165, 1.54) is 6.07 Å². The van der Waals surface area contributed by atoms with Gasteiger partial charge < -0.3 is 14.8 Å². The highest BCUT2D eigenvalue weighted by molar-refractivity contribution is 6.31. The third kappa shape index (κ3) is 5.36. The Labute approximate surface area is 204 Å². The van der Waals surface area contributed by atoms with Gasteiger partial charge >= 0.3 is 0 Å². The van der Waals surface area contributed by atoms with Crippen molar-refractivity contribution in [2.45, 2.75) is 37.3 Å². The average Bonchev–Trinajstić information content (AvgIpc) is 2.81. The highest BCUT2D eigenvalue weighted by Gasteiger charge is 2.42. The summed E-state index contributed by atoms with van der Waals surface area (Å²) >= 11 is 12.7. The van der Waals surface area contributed by atoms with Gasteiger partial charge in [0, 0.05) is 48.5 Å². The van der Waals surface area contributed by atoms with Gasteiger partial charge in [0.1, 0.15) is 5.82 Å². The summed E-state index contributed by atoms with van der Waals surface area (Å²) in [6.45, 7) is 4.99. The van der Waals surface area contributed by atoms with Gasteiger partial charge in [-0.1, -0.05) is 41.4 Å². The van der Waals surface area contributed by atoms with Crippen molar-refractivity contribution in [2.75, 3.05) is 39.5 Å². The lowest BCUT2D eigenvalue weighted by atomic mass is 9.73. The SMILES string of the molecule is CC1CN(C(CNC(=O)C2(c3cccc(Cl)c3)CCOCC2)c2c(F)cccc2Cl)CCO1. The largest absolute Gasteiger partial charge is 0.381 e. The number of ether oxygens (including phenoxy) is 2. The predicted octanol–water partition coefficient (Wildman–Crippen LogP) is 4.76. The Balaban J connectivity index is 1.61. The molecule has 1 amide bonds. The molecule has 2 aliphatic rings. The Hall–Kier alpha value is -1.70. The molecule has 1 N–H and O–H groups in total. The maximum absolute atomic E-state index is 14.9. The molecule has 2 fully saturated rings. The molecule has 2 saturated heterocycles. The zero-order valence-corrected chi connectivity index (χ0v) is 20.2. The minimum absolute atomic E-state index is 0.01000. The van der Waals surface area contributed by atoms with Gasteiger partial charge in [0.05, 0.1) is 24.2 Å². The van der Waals surface area contributed by atoms with Crippen LogP contribution < -0.4 is 5.32 Å². The van der Waals surface area contributed by atoms with Crippen LogP contribution in [0.25, 0.3) is 0 Å². The molecule has 2 atom stereocenters. The predicted molar refractivity (Wildman–Crippen MR) is 127 cm³/mol. The minimum atomic E-state index is -0.745. The summed E-state index contributed by atoms with van der Waals surface area (Å²) in [4.78, 5) is 15.8. The van der Waals surface area contributed by atoms with Crippen molar-refractivity contribution in [3.8, 4) is 0 Å². The van der Waals surface area contributed by atoms with Crippen molar-refractivity contribution in [3.05, 3.63) is 69.5 Å². The number of halogens is 3. The van der Waals surface area contributed by atoms with Crippen LogP contribution in [0, 0.1) is 5.82 Å². The minimum Gasteiger partial charge on any atom is -0.381 e. The molecule has 178 valence electrons. The second kappa shape index (κ2) is 10.7. The highest BCUT2D eigenvalue weighted by atomic mass is 35.5. The number of morpholine rings is 1. The van der Waals surface area contributed by atoms with Crippen LogP contribution in [0.5, 0.6) is 0 Å². The second-order valence-electron chi connectivity index (χ2n) is 8.74.